The van der Waals surface area contributed by atoms with E-state index in [0.717, 1.165) is 25.1 Å². The van der Waals surface area contributed by atoms with E-state index < -0.39 is 0 Å². The second-order valence-corrected chi connectivity index (χ2v) is 5.92. The summed E-state index contributed by atoms with van der Waals surface area (Å²) < 4.78 is 13.5. The molecule has 1 heterocycles. The molecule has 102 valence electrons. The minimum Gasteiger partial charge on any atom is -0.308 e. The summed E-state index contributed by atoms with van der Waals surface area (Å²) >= 11 is 1.74. The first-order valence-corrected chi connectivity index (χ1v) is 7.31. The van der Waals surface area contributed by atoms with Crippen molar-refractivity contribution >= 4 is 11.3 Å². The van der Waals surface area contributed by atoms with Crippen LogP contribution in [0.15, 0.2) is 18.3 Å². The lowest BCUT2D eigenvalue weighted by Gasteiger charge is -2.07. The van der Waals surface area contributed by atoms with Crippen LogP contribution in [-0.4, -0.2) is 4.98 Å². The Labute approximate surface area is 117 Å². The van der Waals surface area contributed by atoms with Gasteiger partial charge < -0.3 is 5.32 Å². The molecule has 0 bridgehead atoms. The Morgan fingerprint density at radius 3 is 2.47 bits per heavy atom. The van der Waals surface area contributed by atoms with E-state index in [1.807, 2.05) is 32.2 Å². The Hall–Kier alpha value is -1.26. The van der Waals surface area contributed by atoms with Gasteiger partial charge in [-0.05, 0) is 37.0 Å². The van der Waals surface area contributed by atoms with Gasteiger partial charge in [0, 0.05) is 24.2 Å². The molecule has 0 fully saturated rings. The number of rotatable bonds is 5. The van der Waals surface area contributed by atoms with Gasteiger partial charge in [-0.2, -0.15) is 0 Å². The molecular weight excluding hydrogens is 259 g/mol. The summed E-state index contributed by atoms with van der Waals surface area (Å²) in [5.74, 6) is -0.0983. The minimum atomic E-state index is -0.0983. The van der Waals surface area contributed by atoms with Crippen LogP contribution in [0.4, 0.5) is 4.39 Å². The summed E-state index contributed by atoms with van der Waals surface area (Å²) in [7, 11) is 0. The van der Waals surface area contributed by atoms with Crippen molar-refractivity contribution in [3.63, 3.8) is 0 Å². The molecule has 0 amide bonds. The van der Waals surface area contributed by atoms with Gasteiger partial charge in [-0.15, -0.1) is 11.3 Å². The first-order chi connectivity index (χ1) is 9.10. The highest BCUT2D eigenvalue weighted by atomic mass is 32.1. The minimum absolute atomic E-state index is 0.0983. The molecule has 0 spiro atoms. The summed E-state index contributed by atoms with van der Waals surface area (Å²) in [5.41, 5.74) is 2.54. The molecule has 0 radical (unpaired) electrons. The molecule has 0 saturated heterocycles. The van der Waals surface area contributed by atoms with Crippen molar-refractivity contribution in [1.29, 1.82) is 0 Å². The van der Waals surface area contributed by atoms with E-state index >= 15 is 0 Å². The number of hydrogen-bond acceptors (Lipinski definition) is 3. The Morgan fingerprint density at radius 1 is 1.21 bits per heavy atom. The summed E-state index contributed by atoms with van der Waals surface area (Å²) in [4.78, 5) is 5.57. The molecule has 0 saturated carbocycles. The average Bonchev–Trinajstić information content (AvgIpc) is 2.84. The predicted octanol–water partition coefficient (Wildman–Crippen LogP) is 3.75. The first kappa shape index (κ1) is 14.2. The van der Waals surface area contributed by atoms with Gasteiger partial charge in [0.1, 0.15) is 5.82 Å². The highest BCUT2D eigenvalue weighted by molar-refractivity contribution is 7.11. The first-order valence-electron chi connectivity index (χ1n) is 6.50. The number of nitrogens with zero attached hydrogens (tertiary/aromatic N) is 1. The number of aryl methyl sites for hydroxylation is 3. The van der Waals surface area contributed by atoms with Crippen molar-refractivity contribution < 1.29 is 4.39 Å². The van der Waals surface area contributed by atoms with Crippen LogP contribution in [0.3, 0.4) is 0 Å². The van der Waals surface area contributed by atoms with Gasteiger partial charge in [0.25, 0.3) is 0 Å². The van der Waals surface area contributed by atoms with Crippen molar-refractivity contribution in [3.8, 4) is 0 Å². The van der Waals surface area contributed by atoms with E-state index in [1.165, 1.54) is 9.88 Å². The van der Waals surface area contributed by atoms with Gasteiger partial charge in [-0.25, -0.2) is 9.37 Å². The fraction of sp³-hybridized carbons (Fsp3) is 0.400. The second-order valence-electron chi connectivity index (χ2n) is 4.72. The number of nitrogens with one attached hydrogen (secondary N) is 1. The van der Waals surface area contributed by atoms with Gasteiger partial charge in [0.2, 0.25) is 0 Å². The van der Waals surface area contributed by atoms with E-state index in [1.54, 1.807) is 11.3 Å². The molecule has 1 aromatic heterocycles. The van der Waals surface area contributed by atoms with Gasteiger partial charge in [-0.1, -0.05) is 19.1 Å². The number of halogens is 1. The summed E-state index contributed by atoms with van der Waals surface area (Å²) in [5, 5.41) is 4.55. The zero-order valence-corrected chi connectivity index (χ0v) is 12.4. The third-order valence-electron chi connectivity index (χ3n) is 3.03. The van der Waals surface area contributed by atoms with Crippen molar-refractivity contribution in [3.05, 3.63) is 50.7 Å². The third kappa shape index (κ3) is 3.61. The zero-order chi connectivity index (χ0) is 13.8. The summed E-state index contributed by atoms with van der Waals surface area (Å²) in [6.45, 7) is 7.29. The quantitative estimate of drug-likeness (QED) is 0.901. The van der Waals surface area contributed by atoms with Crippen LogP contribution in [-0.2, 0) is 19.5 Å². The predicted molar refractivity (Wildman–Crippen MR) is 77.9 cm³/mol. The van der Waals surface area contributed by atoms with Crippen molar-refractivity contribution in [1.82, 2.24) is 10.3 Å². The van der Waals surface area contributed by atoms with E-state index in [9.17, 15) is 4.39 Å². The Balaban J connectivity index is 1.92. The van der Waals surface area contributed by atoms with Crippen molar-refractivity contribution in [2.24, 2.45) is 0 Å². The maximum absolute atomic E-state index is 13.5. The maximum atomic E-state index is 13.5. The monoisotopic (exact) mass is 278 g/mol. The molecule has 2 nitrogen and oxygen atoms in total. The van der Waals surface area contributed by atoms with Gasteiger partial charge in [0.15, 0.2) is 0 Å². The molecule has 0 atom stereocenters. The fourth-order valence-electron chi connectivity index (χ4n) is 2.06. The number of thiazole rings is 1. The molecule has 1 aromatic carbocycles. The molecule has 0 unspecified atom stereocenters. The second kappa shape index (κ2) is 6.26. The van der Waals surface area contributed by atoms with E-state index in [2.05, 4.69) is 17.2 Å². The maximum Gasteiger partial charge on any atom is 0.129 e. The van der Waals surface area contributed by atoms with Crippen LogP contribution in [0.1, 0.15) is 33.5 Å². The van der Waals surface area contributed by atoms with Gasteiger partial charge in [0.05, 0.1) is 5.01 Å². The fourth-order valence-corrected chi connectivity index (χ4v) is 2.89. The standard InChI is InChI=1S/C15H19FN2S/c1-4-14-18-9-13(19-14)8-17-7-12-5-10(2)15(16)11(3)6-12/h5-6,9,17H,4,7-8H2,1-3H3. The lowest BCUT2D eigenvalue weighted by molar-refractivity contribution is 0.606. The highest BCUT2D eigenvalue weighted by Gasteiger charge is 2.04. The molecule has 2 rings (SSSR count). The topological polar surface area (TPSA) is 24.9 Å². The zero-order valence-electron chi connectivity index (χ0n) is 11.6. The van der Waals surface area contributed by atoms with Crippen LogP contribution >= 0.6 is 11.3 Å². The molecule has 4 heteroatoms. The molecular formula is C15H19FN2S. The number of hydrogen-bond donors (Lipinski definition) is 1. The average molecular weight is 278 g/mol. The summed E-state index contributed by atoms with van der Waals surface area (Å²) in [6.07, 6.45) is 2.92. The molecule has 0 aliphatic rings. The van der Waals surface area contributed by atoms with E-state index in [-0.39, 0.29) is 5.82 Å². The van der Waals surface area contributed by atoms with Crippen LogP contribution in [0, 0.1) is 19.7 Å². The normalized spacial score (nSPS) is 10.9. The molecule has 2 aromatic rings. The third-order valence-corrected chi connectivity index (χ3v) is 4.17. The van der Waals surface area contributed by atoms with Gasteiger partial charge in [-0.3, -0.25) is 0 Å². The van der Waals surface area contributed by atoms with Crippen LogP contribution in [0.25, 0.3) is 0 Å². The lowest BCUT2D eigenvalue weighted by Crippen LogP contribution is -2.12. The number of benzene rings is 1. The molecule has 1 N–H and O–H groups in total. The van der Waals surface area contributed by atoms with Crippen LogP contribution in [0.2, 0.25) is 0 Å². The lowest BCUT2D eigenvalue weighted by atomic mass is 10.1. The van der Waals surface area contributed by atoms with Crippen molar-refractivity contribution in [2.75, 3.05) is 0 Å². The van der Waals surface area contributed by atoms with Crippen LogP contribution in [0.5, 0.6) is 0 Å². The Bertz CT molecular complexity index is 540. The SMILES string of the molecule is CCc1ncc(CNCc2cc(C)c(F)c(C)c2)s1. The van der Waals surface area contributed by atoms with Crippen LogP contribution < -0.4 is 5.32 Å². The van der Waals surface area contributed by atoms with E-state index in [0.29, 0.717) is 11.1 Å². The Morgan fingerprint density at radius 2 is 1.89 bits per heavy atom. The largest absolute Gasteiger partial charge is 0.308 e. The highest BCUT2D eigenvalue weighted by Crippen LogP contribution is 2.16. The van der Waals surface area contributed by atoms with Crippen molar-refractivity contribution in [2.45, 2.75) is 40.3 Å². The molecule has 0 aliphatic carbocycles. The smallest absolute Gasteiger partial charge is 0.129 e. The summed E-state index contributed by atoms with van der Waals surface area (Å²) in [6, 6.07) is 3.80. The van der Waals surface area contributed by atoms with E-state index in [4.69, 9.17) is 0 Å². The molecule has 0 aliphatic heterocycles. The number of aromatic nitrogens is 1. The molecule has 19 heavy (non-hydrogen) atoms. The van der Waals surface area contributed by atoms with Gasteiger partial charge >= 0.3 is 0 Å². The Kier molecular flexibility index (Phi) is 4.66.